The van der Waals surface area contributed by atoms with Crippen LogP contribution in [0.2, 0.25) is 0 Å². The normalized spacial score (nSPS) is 12.7. The predicted molar refractivity (Wildman–Crippen MR) is 64.7 cm³/mol. The summed E-state index contributed by atoms with van der Waals surface area (Å²) in [5.41, 5.74) is 6.45. The number of hydrogen-bond donors (Lipinski definition) is 1. The van der Waals surface area contributed by atoms with Crippen molar-refractivity contribution in [3.63, 3.8) is 0 Å². The zero-order valence-corrected chi connectivity index (χ0v) is 10.1. The summed E-state index contributed by atoms with van der Waals surface area (Å²) in [5, 5.41) is 2.44. The van der Waals surface area contributed by atoms with Crippen LogP contribution < -0.4 is 5.73 Å². The summed E-state index contributed by atoms with van der Waals surface area (Å²) in [6, 6.07) is 3.91. The van der Waals surface area contributed by atoms with Crippen molar-refractivity contribution in [3.8, 4) is 11.3 Å². The third-order valence-corrected chi connectivity index (χ3v) is 3.48. The Balaban J connectivity index is 2.40. The molecule has 17 heavy (non-hydrogen) atoms. The SMILES string of the molecule is CCC(N)c1nc(-c2cccc(F)c2F)cs1. The van der Waals surface area contributed by atoms with E-state index in [9.17, 15) is 8.78 Å². The van der Waals surface area contributed by atoms with Gasteiger partial charge in [-0.25, -0.2) is 13.8 Å². The van der Waals surface area contributed by atoms with Gasteiger partial charge in [-0.05, 0) is 18.6 Å². The molecule has 0 aliphatic heterocycles. The first-order valence-electron chi connectivity index (χ1n) is 5.29. The molecule has 2 aromatic rings. The minimum atomic E-state index is -0.866. The lowest BCUT2D eigenvalue weighted by Crippen LogP contribution is -2.07. The van der Waals surface area contributed by atoms with Gasteiger partial charge in [0, 0.05) is 10.9 Å². The Hall–Kier alpha value is -1.33. The van der Waals surface area contributed by atoms with Crippen molar-refractivity contribution in [1.82, 2.24) is 4.98 Å². The van der Waals surface area contributed by atoms with Crippen LogP contribution in [-0.4, -0.2) is 4.98 Å². The molecular formula is C12H12F2N2S. The summed E-state index contributed by atoms with van der Waals surface area (Å²) in [6.07, 6.45) is 0.762. The maximum Gasteiger partial charge on any atom is 0.168 e. The minimum absolute atomic E-state index is 0.148. The molecule has 0 aliphatic carbocycles. The van der Waals surface area contributed by atoms with Crippen molar-refractivity contribution in [3.05, 3.63) is 40.2 Å². The molecule has 1 atom stereocenters. The van der Waals surface area contributed by atoms with Crippen LogP contribution in [-0.2, 0) is 0 Å². The molecule has 1 aromatic carbocycles. The molecule has 2 rings (SSSR count). The van der Waals surface area contributed by atoms with Crippen molar-refractivity contribution in [2.75, 3.05) is 0 Å². The van der Waals surface area contributed by atoms with Gasteiger partial charge in [0.25, 0.3) is 0 Å². The molecule has 0 radical (unpaired) electrons. The molecule has 2 nitrogen and oxygen atoms in total. The predicted octanol–water partition coefficient (Wildman–Crippen LogP) is 3.50. The number of aromatic nitrogens is 1. The smallest absolute Gasteiger partial charge is 0.168 e. The number of halogens is 2. The third kappa shape index (κ3) is 2.35. The fourth-order valence-corrected chi connectivity index (χ4v) is 2.36. The Morgan fingerprint density at radius 2 is 2.18 bits per heavy atom. The van der Waals surface area contributed by atoms with E-state index in [1.54, 1.807) is 5.38 Å². The fourth-order valence-electron chi connectivity index (χ4n) is 1.46. The quantitative estimate of drug-likeness (QED) is 0.910. The maximum absolute atomic E-state index is 13.5. The van der Waals surface area contributed by atoms with E-state index in [0.29, 0.717) is 5.69 Å². The van der Waals surface area contributed by atoms with Gasteiger partial charge in [0.1, 0.15) is 5.01 Å². The van der Waals surface area contributed by atoms with E-state index in [2.05, 4.69) is 4.98 Å². The van der Waals surface area contributed by atoms with Gasteiger partial charge < -0.3 is 5.73 Å². The molecule has 0 saturated heterocycles. The first-order chi connectivity index (χ1) is 8.13. The second-order valence-electron chi connectivity index (χ2n) is 3.69. The van der Waals surface area contributed by atoms with E-state index in [4.69, 9.17) is 5.73 Å². The molecule has 2 N–H and O–H groups in total. The van der Waals surface area contributed by atoms with Crippen LogP contribution in [0.5, 0.6) is 0 Å². The average molecular weight is 254 g/mol. The van der Waals surface area contributed by atoms with Crippen LogP contribution >= 0.6 is 11.3 Å². The lowest BCUT2D eigenvalue weighted by Gasteiger charge is -2.03. The highest BCUT2D eigenvalue weighted by Gasteiger charge is 2.14. The lowest BCUT2D eigenvalue weighted by atomic mass is 10.1. The zero-order chi connectivity index (χ0) is 12.4. The highest BCUT2D eigenvalue weighted by molar-refractivity contribution is 7.10. The summed E-state index contributed by atoms with van der Waals surface area (Å²) >= 11 is 1.37. The van der Waals surface area contributed by atoms with Crippen molar-refractivity contribution in [2.45, 2.75) is 19.4 Å². The van der Waals surface area contributed by atoms with Crippen LogP contribution in [0, 0.1) is 11.6 Å². The van der Waals surface area contributed by atoms with E-state index >= 15 is 0 Å². The molecule has 0 aliphatic rings. The summed E-state index contributed by atoms with van der Waals surface area (Å²) in [4.78, 5) is 4.24. The van der Waals surface area contributed by atoms with Crippen molar-refractivity contribution >= 4 is 11.3 Å². The molecule has 1 unspecified atom stereocenters. The standard InChI is InChI=1S/C12H12F2N2S/c1-2-9(15)12-16-10(6-17-12)7-4-3-5-8(13)11(7)14/h3-6,9H,2,15H2,1H3. The van der Waals surface area contributed by atoms with Gasteiger partial charge in [0.15, 0.2) is 11.6 Å². The number of thiazole rings is 1. The molecule has 1 aromatic heterocycles. The monoisotopic (exact) mass is 254 g/mol. The molecule has 5 heteroatoms. The number of nitrogens with zero attached hydrogens (tertiary/aromatic N) is 1. The van der Waals surface area contributed by atoms with Gasteiger partial charge in [-0.2, -0.15) is 0 Å². The Bertz CT molecular complexity index is 525. The first kappa shape index (κ1) is 12.1. The molecule has 0 saturated carbocycles. The molecular weight excluding hydrogens is 242 g/mol. The number of nitrogens with two attached hydrogens (primary N) is 1. The van der Waals surface area contributed by atoms with Crippen LogP contribution in [0.1, 0.15) is 24.4 Å². The van der Waals surface area contributed by atoms with Crippen LogP contribution in [0.3, 0.4) is 0 Å². The van der Waals surface area contributed by atoms with Crippen LogP contribution in [0.25, 0.3) is 11.3 Å². The Kier molecular flexibility index (Phi) is 3.49. The van der Waals surface area contributed by atoms with Gasteiger partial charge >= 0.3 is 0 Å². The molecule has 0 fully saturated rings. The highest BCUT2D eigenvalue weighted by Crippen LogP contribution is 2.28. The summed E-state index contributed by atoms with van der Waals surface area (Å²) in [6.45, 7) is 1.95. The van der Waals surface area contributed by atoms with E-state index in [-0.39, 0.29) is 11.6 Å². The Morgan fingerprint density at radius 3 is 2.88 bits per heavy atom. The Morgan fingerprint density at radius 1 is 1.41 bits per heavy atom. The summed E-state index contributed by atoms with van der Waals surface area (Å²) in [5.74, 6) is -1.73. The fraction of sp³-hybridized carbons (Fsp3) is 0.250. The third-order valence-electron chi connectivity index (χ3n) is 2.51. The number of rotatable bonds is 3. The average Bonchev–Trinajstić information content (AvgIpc) is 2.81. The maximum atomic E-state index is 13.5. The largest absolute Gasteiger partial charge is 0.322 e. The topological polar surface area (TPSA) is 38.9 Å². The highest BCUT2D eigenvalue weighted by atomic mass is 32.1. The van der Waals surface area contributed by atoms with E-state index < -0.39 is 11.6 Å². The van der Waals surface area contributed by atoms with Crippen molar-refractivity contribution in [2.24, 2.45) is 5.73 Å². The number of hydrogen-bond acceptors (Lipinski definition) is 3. The molecule has 0 amide bonds. The van der Waals surface area contributed by atoms with Crippen LogP contribution in [0.4, 0.5) is 8.78 Å². The van der Waals surface area contributed by atoms with Crippen molar-refractivity contribution < 1.29 is 8.78 Å². The second kappa shape index (κ2) is 4.89. The van der Waals surface area contributed by atoms with E-state index in [1.807, 2.05) is 6.92 Å². The van der Waals surface area contributed by atoms with Gasteiger partial charge in [-0.1, -0.05) is 13.0 Å². The Labute approximate surface area is 102 Å². The van der Waals surface area contributed by atoms with Gasteiger partial charge in [-0.15, -0.1) is 11.3 Å². The van der Waals surface area contributed by atoms with E-state index in [1.165, 1.54) is 23.5 Å². The second-order valence-corrected chi connectivity index (χ2v) is 4.58. The van der Waals surface area contributed by atoms with Crippen LogP contribution in [0.15, 0.2) is 23.6 Å². The van der Waals surface area contributed by atoms with Crippen molar-refractivity contribution in [1.29, 1.82) is 0 Å². The molecule has 1 heterocycles. The molecule has 0 bridgehead atoms. The summed E-state index contributed by atoms with van der Waals surface area (Å²) < 4.78 is 26.6. The van der Waals surface area contributed by atoms with Gasteiger partial charge in [0.05, 0.1) is 11.7 Å². The zero-order valence-electron chi connectivity index (χ0n) is 9.28. The lowest BCUT2D eigenvalue weighted by molar-refractivity contribution is 0.511. The van der Waals surface area contributed by atoms with Gasteiger partial charge in [0.2, 0.25) is 0 Å². The number of benzene rings is 1. The first-order valence-corrected chi connectivity index (χ1v) is 6.16. The molecule has 0 spiro atoms. The van der Waals surface area contributed by atoms with Gasteiger partial charge in [-0.3, -0.25) is 0 Å². The molecule has 90 valence electrons. The summed E-state index contributed by atoms with van der Waals surface area (Å²) in [7, 11) is 0. The van der Waals surface area contributed by atoms with E-state index in [0.717, 1.165) is 17.5 Å². The minimum Gasteiger partial charge on any atom is -0.322 e.